The van der Waals surface area contributed by atoms with Gasteiger partial charge < -0.3 is 10.5 Å². The van der Waals surface area contributed by atoms with Gasteiger partial charge in [-0.05, 0) is 25.5 Å². The normalized spacial score (nSPS) is 12.7. The first kappa shape index (κ1) is 11.9. The van der Waals surface area contributed by atoms with Crippen LogP contribution in [0.25, 0.3) is 0 Å². The Balaban J connectivity index is 2.90. The van der Waals surface area contributed by atoms with Crippen molar-refractivity contribution in [1.82, 2.24) is 10.4 Å². The Morgan fingerprint density at radius 1 is 1.60 bits per heavy atom. The maximum atomic E-state index is 5.81. The van der Waals surface area contributed by atoms with E-state index in [9.17, 15) is 0 Å². The minimum absolute atomic E-state index is 0.112. The lowest BCUT2D eigenvalue weighted by atomic mass is 10.0. The maximum absolute atomic E-state index is 5.81. The highest BCUT2D eigenvalue weighted by molar-refractivity contribution is 5.46. The molecule has 0 saturated heterocycles. The molecule has 0 fully saturated rings. The Hall–Kier alpha value is -1.17. The Kier molecular flexibility index (Phi) is 4.48. The number of nitrogen functional groups attached to an aromatic ring is 1. The first-order valence-corrected chi connectivity index (χ1v) is 4.95. The average molecular weight is 210 g/mol. The van der Waals surface area contributed by atoms with Crippen LogP contribution in [-0.2, 0) is 4.74 Å². The van der Waals surface area contributed by atoms with Crippen LogP contribution >= 0.6 is 0 Å². The number of nitrogens with one attached hydrogen (secondary N) is 1. The molecule has 15 heavy (non-hydrogen) atoms. The zero-order valence-corrected chi connectivity index (χ0v) is 9.16. The maximum Gasteiger partial charge on any atom is 0.128 e. The number of aryl methyl sites for hydroxylation is 1. The van der Waals surface area contributed by atoms with Crippen LogP contribution < -0.4 is 17.0 Å². The monoisotopic (exact) mass is 210 g/mol. The van der Waals surface area contributed by atoms with Crippen molar-refractivity contribution in [2.45, 2.75) is 19.9 Å². The number of nitrogens with zero attached hydrogens (tertiary/aromatic N) is 1. The quantitative estimate of drug-likeness (QED) is 0.487. The van der Waals surface area contributed by atoms with E-state index in [0.717, 1.165) is 11.1 Å². The van der Waals surface area contributed by atoms with Crippen LogP contribution in [0.5, 0.6) is 0 Å². The van der Waals surface area contributed by atoms with Gasteiger partial charge in [-0.3, -0.25) is 11.3 Å². The van der Waals surface area contributed by atoms with Gasteiger partial charge in [-0.2, -0.15) is 0 Å². The molecule has 0 aliphatic rings. The van der Waals surface area contributed by atoms with Crippen molar-refractivity contribution in [1.29, 1.82) is 0 Å². The second-order valence-corrected chi connectivity index (χ2v) is 3.31. The molecule has 1 unspecified atom stereocenters. The van der Waals surface area contributed by atoms with Crippen molar-refractivity contribution in [2.24, 2.45) is 5.84 Å². The summed E-state index contributed by atoms with van der Waals surface area (Å²) >= 11 is 0. The van der Waals surface area contributed by atoms with Crippen LogP contribution in [0, 0.1) is 6.92 Å². The number of anilines is 1. The standard InChI is InChI=1S/C10H18N4O/c1-3-15-6-8(14-12)9-7(2)4-5-13-10(9)11/h4-5,8,14H,3,6,12H2,1-2H3,(H2,11,13). The van der Waals surface area contributed by atoms with Crippen LogP contribution in [-0.4, -0.2) is 18.2 Å². The molecule has 1 rings (SSSR count). The van der Waals surface area contributed by atoms with E-state index in [2.05, 4.69) is 10.4 Å². The number of nitrogens with two attached hydrogens (primary N) is 2. The van der Waals surface area contributed by atoms with Crippen molar-refractivity contribution in [3.05, 3.63) is 23.4 Å². The molecule has 5 N–H and O–H groups in total. The van der Waals surface area contributed by atoms with Crippen molar-refractivity contribution in [2.75, 3.05) is 18.9 Å². The number of pyridine rings is 1. The zero-order valence-electron chi connectivity index (χ0n) is 9.16. The van der Waals surface area contributed by atoms with Gasteiger partial charge in [-0.1, -0.05) is 0 Å². The third kappa shape index (κ3) is 2.89. The molecule has 0 aliphatic heterocycles. The lowest BCUT2D eigenvalue weighted by molar-refractivity contribution is 0.123. The summed E-state index contributed by atoms with van der Waals surface area (Å²) in [4.78, 5) is 4.04. The molecule has 0 amide bonds. The van der Waals surface area contributed by atoms with E-state index in [1.54, 1.807) is 6.20 Å². The summed E-state index contributed by atoms with van der Waals surface area (Å²) in [6.07, 6.45) is 1.68. The second-order valence-electron chi connectivity index (χ2n) is 3.31. The van der Waals surface area contributed by atoms with Crippen molar-refractivity contribution in [3.8, 4) is 0 Å². The van der Waals surface area contributed by atoms with E-state index in [0.29, 0.717) is 19.0 Å². The molecule has 0 saturated carbocycles. The molecule has 0 aliphatic carbocycles. The molecule has 84 valence electrons. The van der Waals surface area contributed by atoms with Crippen LogP contribution in [0.4, 0.5) is 5.82 Å². The number of hydrogen-bond donors (Lipinski definition) is 3. The summed E-state index contributed by atoms with van der Waals surface area (Å²) in [6, 6.07) is 1.79. The fourth-order valence-corrected chi connectivity index (χ4v) is 1.49. The number of aromatic nitrogens is 1. The van der Waals surface area contributed by atoms with Crippen LogP contribution in [0.2, 0.25) is 0 Å². The molecule has 0 aromatic carbocycles. The minimum atomic E-state index is -0.112. The van der Waals surface area contributed by atoms with Gasteiger partial charge in [-0.25, -0.2) is 4.98 Å². The van der Waals surface area contributed by atoms with E-state index in [4.69, 9.17) is 16.3 Å². The highest BCUT2D eigenvalue weighted by atomic mass is 16.5. The molecule has 1 aromatic heterocycles. The number of rotatable bonds is 5. The van der Waals surface area contributed by atoms with Gasteiger partial charge in [0.1, 0.15) is 5.82 Å². The number of ether oxygens (including phenoxy) is 1. The third-order valence-electron chi connectivity index (χ3n) is 2.28. The van der Waals surface area contributed by atoms with E-state index in [-0.39, 0.29) is 6.04 Å². The summed E-state index contributed by atoms with van der Waals surface area (Å²) in [5, 5.41) is 0. The van der Waals surface area contributed by atoms with Crippen LogP contribution in [0.3, 0.4) is 0 Å². The van der Waals surface area contributed by atoms with Crippen molar-refractivity contribution >= 4 is 5.82 Å². The molecule has 1 atom stereocenters. The van der Waals surface area contributed by atoms with Gasteiger partial charge in [-0.15, -0.1) is 0 Å². The lowest BCUT2D eigenvalue weighted by Gasteiger charge is -2.19. The Bertz CT molecular complexity index is 296. The van der Waals surface area contributed by atoms with E-state index >= 15 is 0 Å². The smallest absolute Gasteiger partial charge is 0.128 e. The van der Waals surface area contributed by atoms with Gasteiger partial charge in [0.25, 0.3) is 0 Å². The molecule has 0 spiro atoms. The van der Waals surface area contributed by atoms with E-state index in [1.165, 1.54) is 0 Å². The highest BCUT2D eigenvalue weighted by Crippen LogP contribution is 2.21. The average Bonchev–Trinajstić information content (AvgIpc) is 2.22. The van der Waals surface area contributed by atoms with E-state index in [1.807, 2.05) is 19.9 Å². The summed E-state index contributed by atoms with van der Waals surface area (Å²) in [6.45, 7) is 5.05. The topological polar surface area (TPSA) is 86.2 Å². The summed E-state index contributed by atoms with van der Waals surface area (Å²) in [7, 11) is 0. The fourth-order valence-electron chi connectivity index (χ4n) is 1.49. The predicted octanol–water partition coefficient (Wildman–Crippen LogP) is 0.513. The van der Waals surface area contributed by atoms with Gasteiger partial charge in [0.15, 0.2) is 0 Å². The SMILES string of the molecule is CCOCC(NN)c1c(C)ccnc1N. The largest absolute Gasteiger partial charge is 0.383 e. The zero-order chi connectivity index (χ0) is 11.3. The van der Waals surface area contributed by atoms with Crippen LogP contribution in [0.1, 0.15) is 24.1 Å². The van der Waals surface area contributed by atoms with E-state index < -0.39 is 0 Å². The first-order chi connectivity index (χ1) is 7.20. The Morgan fingerprint density at radius 2 is 2.33 bits per heavy atom. The third-order valence-corrected chi connectivity index (χ3v) is 2.28. The summed E-state index contributed by atoms with van der Waals surface area (Å²) < 4.78 is 5.33. The molecule has 1 aromatic rings. The van der Waals surface area contributed by atoms with Gasteiger partial charge in [0, 0.05) is 18.4 Å². The molecular weight excluding hydrogens is 192 g/mol. The lowest BCUT2D eigenvalue weighted by Crippen LogP contribution is -2.32. The Labute approximate surface area is 89.8 Å². The summed E-state index contributed by atoms with van der Waals surface area (Å²) in [5.74, 6) is 5.97. The number of hydrazine groups is 1. The minimum Gasteiger partial charge on any atom is -0.383 e. The van der Waals surface area contributed by atoms with Crippen LogP contribution in [0.15, 0.2) is 12.3 Å². The molecule has 0 radical (unpaired) electrons. The van der Waals surface area contributed by atoms with Crippen molar-refractivity contribution < 1.29 is 4.74 Å². The first-order valence-electron chi connectivity index (χ1n) is 4.95. The second kappa shape index (κ2) is 5.65. The molecule has 0 bridgehead atoms. The van der Waals surface area contributed by atoms with Crippen molar-refractivity contribution in [3.63, 3.8) is 0 Å². The molecule has 1 heterocycles. The number of hydrogen-bond acceptors (Lipinski definition) is 5. The Morgan fingerprint density at radius 3 is 2.87 bits per heavy atom. The van der Waals surface area contributed by atoms with Gasteiger partial charge >= 0.3 is 0 Å². The highest BCUT2D eigenvalue weighted by Gasteiger charge is 2.15. The van der Waals surface area contributed by atoms with Gasteiger partial charge in [0.2, 0.25) is 0 Å². The molecule has 5 nitrogen and oxygen atoms in total. The fraction of sp³-hybridized carbons (Fsp3) is 0.500. The predicted molar refractivity (Wildman–Crippen MR) is 59.9 cm³/mol. The molecule has 5 heteroatoms. The molecular formula is C10H18N4O. The van der Waals surface area contributed by atoms with Gasteiger partial charge in [0.05, 0.1) is 12.6 Å². The summed E-state index contributed by atoms with van der Waals surface area (Å²) in [5.41, 5.74) is 10.5.